The first kappa shape index (κ1) is 19.1. The molecule has 6 heteroatoms. The molecule has 1 atom stereocenters. The van der Waals surface area contributed by atoms with E-state index in [4.69, 9.17) is 17.0 Å². The fourth-order valence-electron chi connectivity index (χ4n) is 2.96. The molecule has 2 aromatic carbocycles. The van der Waals surface area contributed by atoms with Gasteiger partial charge in [-0.1, -0.05) is 28.1 Å². The average Bonchev–Trinajstić information content (AvgIpc) is 2.65. The molecule has 1 unspecified atom stereocenters. The lowest BCUT2D eigenvalue weighted by atomic mass is 10.1. The van der Waals surface area contributed by atoms with Crippen LogP contribution in [0.3, 0.4) is 0 Å². The second kappa shape index (κ2) is 8.84. The van der Waals surface area contributed by atoms with Crippen molar-refractivity contribution < 1.29 is 4.74 Å². The number of anilines is 2. The highest BCUT2D eigenvalue weighted by molar-refractivity contribution is 9.10. The summed E-state index contributed by atoms with van der Waals surface area (Å²) in [4.78, 5) is 2.35. The van der Waals surface area contributed by atoms with E-state index in [0.29, 0.717) is 5.11 Å². The summed E-state index contributed by atoms with van der Waals surface area (Å²) in [6, 6.07) is 14.9. The number of nitrogens with zero attached hydrogens (tertiary/aromatic N) is 1. The molecule has 0 aromatic heterocycles. The Morgan fingerprint density at radius 1 is 1.15 bits per heavy atom. The Hall–Kier alpha value is -1.63. The van der Waals surface area contributed by atoms with Crippen molar-refractivity contribution in [2.24, 2.45) is 0 Å². The van der Waals surface area contributed by atoms with Crippen LogP contribution in [0.25, 0.3) is 0 Å². The zero-order chi connectivity index (χ0) is 18.5. The van der Waals surface area contributed by atoms with Gasteiger partial charge in [0.05, 0.1) is 19.3 Å². The topological polar surface area (TPSA) is 36.5 Å². The summed E-state index contributed by atoms with van der Waals surface area (Å²) >= 11 is 8.97. The van der Waals surface area contributed by atoms with Gasteiger partial charge in [-0.3, -0.25) is 0 Å². The smallest absolute Gasteiger partial charge is 0.171 e. The molecule has 1 fully saturated rings. The van der Waals surface area contributed by atoms with Crippen molar-refractivity contribution in [3.63, 3.8) is 0 Å². The molecule has 2 N–H and O–H groups in total. The maximum Gasteiger partial charge on any atom is 0.171 e. The second-order valence-corrected chi connectivity index (χ2v) is 7.74. The second-order valence-electron chi connectivity index (χ2n) is 6.48. The van der Waals surface area contributed by atoms with Crippen LogP contribution < -0.4 is 15.5 Å². The fraction of sp³-hybridized carbons (Fsp3) is 0.350. The fourth-order valence-corrected chi connectivity index (χ4v) is 3.51. The predicted molar refractivity (Wildman–Crippen MR) is 116 cm³/mol. The van der Waals surface area contributed by atoms with E-state index in [1.54, 1.807) is 0 Å². The lowest BCUT2D eigenvalue weighted by molar-refractivity contribution is 0.122. The number of morpholine rings is 1. The summed E-state index contributed by atoms with van der Waals surface area (Å²) in [5.41, 5.74) is 4.61. The summed E-state index contributed by atoms with van der Waals surface area (Å²) in [5.74, 6) is 0. The summed E-state index contributed by atoms with van der Waals surface area (Å²) < 4.78 is 6.51. The molecule has 4 nitrogen and oxygen atoms in total. The van der Waals surface area contributed by atoms with E-state index >= 15 is 0 Å². The molecule has 0 amide bonds. The zero-order valence-electron chi connectivity index (χ0n) is 15.1. The van der Waals surface area contributed by atoms with E-state index < -0.39 is 0 Å². The van der Waals surface area contributed by atoms with Crippen molar-refractivity contribution >= 4 is 44.6 Å². The Bertz CT molecular complexity index is 760. The largest absolute Gasteiger partial charge is 0.378 e. The van der Waals surface area contributed by atoms with Gasteiger partial charge < -0.3 is 20.3 Å². The molecule has 0 saturated carbocycles. The Kier molecular flexibility index (Phi) is 6.51. The van der Waals surface area contributed by atoms with Crippen molar-refractivity contribution in [2.45, 2.75) is 19.9 Å². The third-order valence-electron chi connectivity index (χ3n) is 4.53. The predicted octanol–water partition coefficient (Wildman–Crippen LogP) is 4.64. The first-order chi connectivity index (χ1) is 12.5. The number of nitrogens with one attached hydrogen (secondary N) is 2. The summed E-state index contributed by atoms with van der Waals surface area (Å²) in [6.07, 6.45) is 0. The van der Waals surface area contributed by atoms with E-state index in [-0.39, 0.29) is 6.04 Å². The standard InChI is InChI=1S/C20H24BrN3OS/c1-14-13-17(5-8-19(14)21)23-20(26)22-15(2)16-3-6-18(7-4-16)24-9-11-25-12-10-24/h3-8,13,15H,9-12H2,1-2H3,(H2,22,23,26). The third-order valence-corrected chi connectivity index (χ3v) is 5.64. The molecular weight excluding hydrogens is 410 g/mol. The van der Waals surface area contributed by atoms with Crippen LogP contribution in [0, 0.1) is 6.92 Å². The number of hydrogen-bond acceptors (Lipinski definition) is 3. The summed E-state index contributed by atoms with van der Waals surface area (Å²) in [5, 5.41) is 7.23. The highest BCUT2D eigenvalue weighted by Crippen LogP contribution is 2.22. The molecule has 26 heavy (non-hydrogen) atoms. The normalized spacial score (nSPS) is 15.4. The molecule has 3 rings (SSSR count). The van der Waals surface area contributed by atoms with Gasteiger partial charge in [-0.2, -0.15) is 0 Å². The average molecular weight is 434 g/mol. The van der Waals surface area contributed by atoms with Crippen LogP contribution in [0.4, 0.5) is 11.4 Å². The van der Waals surface area contributed by atoms with Crippen molar-refractivity contribution in [1.82, 2.24) is 5.32 Å². The van der Waals surface area contributed by atoms with E-state index in [0.717, 1.165) is 36.5 Å². The van der Waals surface area contributed by atoms with Gasteiger partial charge >= 0.3 is 0 Å². The monoisotopic (exact) mass is 433 g/mol. The molecule has 0 aliphatic carbocycles. The van der Waals surface area contributed by atoms with Crippen LogP contribution in [-0.2, 0) is 4.74 Å². The molecule has 0 spiro atoms. The van der Waals surface area contributed by atoms with E-state index in [2.05, 4.69) is 75.6 Å². The van der Waals surface area contributed by atoms with Crippen LogP contribution in [0.5, 0.6) is 0 Å². The molecular formula is C20H24BrN3OS. The van der Waals surface area contributed by atoms with E-state index in [1.807, 2.05) is 12.1 Å². The SMILES string of the molecule is Cc1cc(NC(=S)NC(C)c2ccc(N3CCOCC3)cc2)ccc1Br. The lowest BCUT2D eigenvalue weighted by Gasteiger charge is -2.29. The van der Waals surface area contributed by atoms with E-state index in [1.165, 1.54) is 16.8 Å². The number of benzene rings is 2. The Morgan fingerprint density at radius 2 is 1.85 bits per heavy atom. The van der Waals surface area contributed by atoms with Crippen LogP contribution in [0.2, 0.25) is 0 Å². The number of rotatable bonds is 4. The number of ether oxygens (including phenoxy) is 1. The molecule has 0 bridgehead atoms. The van der Waals surface area contributed by atoms with Crippen LogP contribution in [-0.4, -0.2) is 31.4 Å². The van der Waals surface area contributed by atoms with Crippen molar-refractivity contribution in [2.75, 3.05) is 36.5 Å². The molecule has 1 aliphatic heterocycles. The molecule has 1 saturated heterocycles. The summed E-state index contributed by atoms with van der Waals surface area (Å²) in [6.45, 7) is 7.68. The quantitative estimate of drug-likeness (QED) is 0.686. The van der Waals surface area contributed by atoms with Crippen molar-refractivity contribution in [3.8, 4) is 0 Å². The van der Waals surface area contributed by atoms with Crippen LogP contribution in [0.15, 0.2) is 46.9 Å². The van der Waals surface area contributed by atoms with Gasteiger partial charge in [0.15, 0.2) is 5.11 Å². The minimum absolute atomic E-state index is 0.130. The van der Waals surface area contributed by atoms with Crippen molar-refractivity contribution in [1.29, 1.82) is 0 Å². The highest BCUT2D eigenvalue weighted by Gasteiger charge is 2.12. The number of halogens is 1. The highest BCUT2D eigenvalue weighted by atomic mass is 79.9. The minimum atomic E-state index is 0.130. The number of hydrogen-bond donors (Lipinski definition) is 2. The molecule has 1 heterocycles. The van der Waals surface area contributed by atoms with Crippen LogP contribution in [0.1, 0.15) is 24.1 Å². The first-order valence-corrected chi connectivity index (χ1v) is 9.99. The maximum absolute atomic E-state index is 5.46. The minimum Gasteiger partial charge on any atom is -0.378 e. The van der Waals surface area contributed by atoms with E-state index in [9.17, 15) is 0 Å². The van der Waals surface area contributed by atoms with Gasteiger partial charge in [0.25, 0.3) is 0 Å². The molecule has 138 valence electrons. The van der Waals surface area contributed by atoms with Gasteiger partial charge in [0.1, 0.15) is 0 Å². The Morgan fingerprint density at radius 3 is 2.50 bits per heavy atom. The van der Waals surface area contributed by atoms with Gasteiger partial charge in [0.2, 0.25) is 0 Å². The molecule has 2 aromatic rings. The summed E-state index contributed by atoms with van der Waals surface area (Å²) in [7, 11) is 0. The first-order valence-electron chi connectivity index (χ1n) is 8.79. The number of thiocarbonyl (C=S) groups is 1. The molecule has 1 aliphatic rings. The van der Waals surface area contributed by atoms with Gasteiger partial charge in [-0.25, -0.2) is 0 Å². The number of aryl methyl sites for hydroxylation is 1. The third kappa shape index (κ3) is 4.96. The lowest BCUT2D eigenvalue weighted by Crippen LogP contribution is -2.36. The maximum atomic E-state index is 5.46. The van der Waals surface area contributed by atoms with Crippen LogP contribution >= 0.6 is 28.1 Å². The van der Waals surface area contributed by atoms with Gasteiger partial charge in [0, 0.05) is 28.9 Å². The van der Waals surface area contributed by atoms with Crippen molar-refractivity contribution in [3.05, 3.63) is 58.1 Å². The molecule has 0 radical (unpaired) electrons. The zero-order valence-corrected chi connectivity index (χ0v) is 17.5. The van der Waals surface area contributed by atoms with Gasteiger partial charge in [-0.05, 0) is 67.5 Å². The Labute approximate surface area is 169 Å². The Balaban J connectivity index is 1.57. The van der Waals surface area contributed by atoms with Gasteiger partial charge in [-0.15, -0.1) is 0 Å².